The number of hydrogen-bond acceptors (Lipinski definition) is 4. The van der Waals surface area contributed by atoms with Crippen LogP contribution in [-0.4, -0.2) is 22.1 Å². The predicted molar refractivity (Wildman–Crippen MR) is 59.9 cm³/mol. The van der Waals surface area contributed by atoms with Crippen molar-refractivity contribution in [3.63, 3.8) is 0 Å². The van der Waals surface area contributed by atoms with Crippen LogP contribution in [0.15, 0.2) is 6.33 Å². The first-order valence-electron chi connectivity index (χ1n) is 5.70. The lowest BCUT2D eigenvalue weighted by Gasteiger charge is -2.04. The normalized spacial score (nSPS) is 15.1. The van der Waals surface area contributed by atoms with Gasteiger partial charge in [0.2, 0.25) is 0 Å². The Morgan fingerprint density at radius 3 is 3.06 bits per heavy atom. The van der Waals surface area contributed by atoms with Gasteiger partial charge in [-0.15, -0.1) is 0 Å². The van der Waals surface area contributed by atoms with Gasteiger partial charge in [0.15, 0.2) is 5.69 Å². The van der Waals surface area contributed by atoms with E-state index < -0.39 is 5.97 Å². The van der Waals surface area contributed by atoms with Crippen molar-refractivity contribution in [2.75, 3.05) is 12.3 Å². The van der Waals surface area contributed by atoms with Crippen LogP contribution >= 0.6 is 0 Å². The molecule has 5 nitrogen and oxygen atoms in total. The monoisotopic (exact) mass is 223 g/mol. The summed E-state index contributed by atoms with van der Waals surface area (Å²) in [5.74, 6) is 0.817. The number of nitrogen functional groups attached to an aromatic ring is 1. The Morgan fingerprint density at radius 2 is 2.44 bits per heavy atom. The molecule has 0 amide bonds. The van der Waals surface area contributed by atoms with E-state index in [0.29, 0.717) is 12.4 Å². The molecule has 88 valence electrons. The molecule has 1 aromatic rings. The van der Waals surface area contributed by atoms with Gasteiger partial charge in [0.1, 0.15) is 5.82 Å². The van der Waals surface area contributed by atoms with E-state index in [1.165, 1.54) is 12.8 Å². The molecule has 1 aliphatic rings. The first-order valence-corrected chi connectivity index (χ1v) is 5.70. The highest BCUT2D eigenvalue weighted by molar-refractivity contribution is 5.92. The van der Waals surface area contributed by atoms with Crippen LogP contribution in [-0.2, 0) is 11.3 Å². The molecule has 16 heavy (non-hydrogen) atoms. The van der Waals surface area contributed by atoms with E-state index in [-0.39, 0.29) is 5.69 Å². The zero-order valence-corrected chi connectivity index (χ0v) is 9.48. The maximum absolute atomic E-state index is 11.5. The molecular formula is C11H17N3O2. The summed E-state index contributed by atoms with van der Waals surface area (Å²) in [6.07, 6.45) is 5.37. The maximum Gasteiger partial charge on any atom is 0.360 e. The van der Waals surface area contributed by atoms with E-state index in [4.69, 9.17) is 10.5 Å². The molecule has 1 aromatic heterocycles. The second-order valence-electron chi connectivity index (χ2n) is 4.12. The van der Waals surface area contributed by atoms with Crippen LogP contribution < -0.4 is 5.73 Å². The summed E-state index contributed by atoms with van der Waals surface area (Å²) >= 11 is 0. The Balaban J connectivity index is 2.00. The van der Waals surface area contributed by atoms with Crippen LogP contribution in [0.1, 0.15) is 36.7 Å². The molecular weight excluding hydrogens is 206 g/mol. The molecule has 0 aliphatic heterocycles. The van der Waals surface area contributed by atoms with Crippen LogP contribution in [0.25, 0.3) is 0 Å². The van der Waals surface area contributed by atoms with E-state index >= 15 is 0 Å². The minimum Gasteiger partial charge on any atom is -0.461 e. The van der Waals surface area contributed by atoms with Gasteiger partial charge >= 0.3 is 5.97 Å². The van der Waals surface area contributed by atoms with Gasteiger partial charge in [-0.2, -0.15) is 0 Å². The van der Waals surface area contributed by atoms with Crippen LogP contribution in [0.4, 0.5) is 5.82 Å². The van der Waals surface area contributed by atoms with Crippen LogP contribution in [0.5, 0.6) is 0 Å². The number of carbonyl (C=O) groups excluding carboxylic acids is 1. The summed E-state index contributed by atoms with van der Waals surface area (Å²) in [4.78, 5) is 15.4. The molecule has 0 bridgehead atoms. The lowest BCUT2D eigenvalue weighted by molar-refractivity contribution is 0.0521. The molecule has 1 aliphatic carbocycles. The van der Waals surface area contributed by atoms with Gasteiger partial charge in [0.25, 0.3) is 0 Å². The third-order valence-electron chi connectivity index (χ3n) is 2.82. The summed E-state index contributed by atoms with van der Waals surface area (Å²) in [7, 11) is 0. The number of anilines is 1. The highest BCUT2D eigenvalue weighted by atomic mass is 16.5. The third kappa shape index (κ3) is 2.35. The van der Waals surface area contributed by atoms with Crippen molar-refractivity contribution in [2.24, 2.45) is 5.92 Å². The number of esters is 1. The molecule has 0 radical (unpaired) electrons. The second kappa shape index (κ2) is 4.55. The molecule has 0 spiro atoms. The topological polar surface area (TPSA) is 70.1 Å². The van der Waals surface area contributed by atoms with E-state index in [1.807, 2.05) is 4.57 Å². The zero-order valence-electron chi connectivity index (χ0n) is 9.48. The first kappa shape index (κ1) is 11.0. The van der Waals surface area contributed by atoms with Crippen molar-refractivity contribution >= 4 is 11.8 Å². The molecule has 2 rings (SSSR count). The predicted octanol–water partition coefficient (Wildman–Crippen LogP) is 1.44. The van der Waals surface area contributed by atoms with Gasteiger partial charge < -0.3 is 15.0 Å². The number of nitrogens with zero attached hydrogens (tertiary/aromatic N) is 2. The smallest absolute Gasteiger partial charge is 0.360 e. The van der Waals surface area contributed by atoms with Gasteiger partial charge in [-0.3, -0.25) is 0 Å². The third-order valence-corrected chi connectivity index (χ3v) is 2.82. The maximum atomic E-state index is 11.5. The quantitative estimate of drug-likeness (QED) is 0.767. The first-order chi connectivity index (χ1) is 7.72. The van der Waals surface area contributed by atoms with Crippen molar-refractivity contribution in [3.05, 3.63) is 12.0 Å². The minimum atomic E-state index is -0.440. The average Bonchev–Trinajstić information content (AvgIpc) is 3.01. The van der Waals surface area contributed by atoms with Crippen LogP contribution in [0.2, 0.25) is 0 Å². The molecule has 1 fully saturated rings. The fourth-order valence-electron chi connectivity index (χ4n) is 1.65. The average molecular weight is 223 g/mol. The summed E-state index contributed by atoms with van der Waals surface area (Å²) in [6, 6.07) is 0. The number of imidazole rings is 1. The zero-order chi connectivity index (χ0) is 11.5. The number of rotatable bonds is 5. The van der Waals surface area contributed by atoms with Gasteiger partial charge in [-0.05, 0) is 19.3 Å². The van der Waals surface area contributed by atoms with Gasteiger partial charge in [-0.1, -0.05) is 12.8 Å². The van der Waals surface area contributed by atoms with Crippen LogP contribution in [0, 0.1) is 5.92 Å². The fourth-order valence-corrected chi connectivity index (χ4v) is 1.65. The molecule has 0 saturated heterocycles. The number of hydrogen-bond donors (Lipinski definition) is 1. The molecule has 2 N–H and O–H groups in total. The molecule has 1 heterocycles. The SMILES string of the molecule is CCOC(=O)c1ncn(CCC2CC2)c1N. The van der Waals surface area contributed by atoms with Crippen LogP contribution in [0.3, 0.4) is 0 Å². The summed E-state index contributed by atoms with van der Waals surface area (Å²) < 4.78 is 6.69. The Hall–Kier alpha value is -1.52. The summed E-state index contributed by atoms with van der Waals surface area (Å²) in [5.41, 5.74) is 6.07. The molecule has 5 heteroatoms. The van der Waals surface area contributed by atoms with Crippen molar-refractivity contribution in [1.82, 2.24) is 9.55 Å². The van der Waals surface area contributed by atoms with Gasteiger partial charge in [0.05, 0.1) is 12.9 Å². The lowest BCUT2D eigenvalue weighted by Crippen LogP contribution is -2.10. The molecule has 1 saturated carbocycles. The number of ether oxygens (including phenoxy) is 1. The summed E-state index contributed by atoms with van der Waals surface area (Å²) in [5, 5.41) is 0. The molecule has 0 atom stereocenters. The van der Waals surface area contributed by atoms with Gasteiger partial charge in [-0.25, -0.2) is 9.78 Å². The number of aromatic nitrogens is 2. The van der Waals surface area contributed by atoms with E-state index in [1.54, 1.807) is 13.3 Å². The van der Waals surface area contributed by atoms with Crippen molar-refractivity contribution < 1.29 is 9.53 Å². The largest absolute Gasteiger partial charge is 0.461 e. The Labute approximate surface area is 94.6 Å². The number of carbonyl (C=O) groups is 1. The molecule has 0 unspecified atom stereocenters. The van der Waals surface area contributed by atoms with Crippen molar-refractivity contribution in [2.45, 2.75) is 32.7 Å². The highest BCUT2D eigenvalue weighted by Crippen LogP contribution is 2.33. The van der Waals surface area contributed by atoms with E-state index in [0.717, 1.165) is 18.9 Å². The molecule has 0 aromatic carbocycles. The van der Waals surface area contributed by atoms with Gasteiger partial charge in [0, 0.05) is 6.54 Å². The van der Waals surface area contributed by atoms with E-state index in [2.05, 4.69) is 4.98 Å². The highest BCUT2D eigenvalue weighted by Gasteiger charge is 2.22. The summed E-state index contributed by atoms with van der Waals surface area (Å²) in [6.45, 7) is 2.94. The fraction of sp³-hybridized carbons (Fsp3) is 0.636. The lowest BCUT2D eigenvalue weighted by atomic mass is 10.3. The number of nitrogens with two attached hydrogens (primary N) is 1. The Bertz CT molecular complexity index is 383. The second-order valence-corrected chi connectivity index (χ2v) is 4.12. The van der Waals surface area contributed by atoms with Crippen molar-refractivity contribution in [1.29, 1.82) is 0 Å². The Kier molecular flexibility index (Phi) is 3.12. The Morgan fingerprint density at radius 1 is 1.69 bits per heavy atom. The van der Waals surface area contributed by atoms with E-state index in [9.17, 15) is 4.79 Å². The minimum absolute atomic E-state index is 0.234. The number of aryl methyl sites for hydroxylation is 1. The standard InChI is InChI=1S/C11H17N3O2/c1-2-16-11(15)9-10(12)14(7-13-9)6-5-8-3-4-8/h7-8H,2-6,12H2,1H3. The van der Waals surface area contributed by atoms with Crippen molar-refractivity contribution in [3.8, 4) is 0 Å².